The maximum atomic E-state index is 11.0. The maximum Gasteiger partial charge on any atom is 0.343 e. The van der Waals surface area contributed by atoms with Gasteiger partial charge in [0.15, 0.2) is 0 Å². The predicted molar refractivity (Wildman–Crippen MR) is 49.1 cm³/mol. The van der Waals surface area contributed by atoms with Gasteiger partial charge in [0, 0.05) is 6.54 Å². The van der Waals surface area contributed by atoms with Crippen molar-refractivity contribution >= 4 is 17.9 Å². The average molecular weight is 231 g/mol. The van der Waals surface area contributed by atoms with E-state index in [-0.39, 0.29) is 10.6 Å². The van der Waals surface area contributed by atoms with Gasteiger partial charge in [-0.1, -0.05) is 13.3 Å². The molecule has 0 aromatic carbocycles. The van der Waals surface area contributed by atoms with Gasteiger partial charge in [-0.25, -0.2) is 0 Å². The van der Waals surface area contributed by atoms with Gasteiger partial charge in [0.2, 0.25) is 0 Å². The van der Waals surface area contributed by atoms with Crippen LogP contribution in [0, 0.1) is 0 Å². The van der Waals surface area contributed by atoms with Gasteiger partial charge in [0.25, 0.3) is 7.59 Å². The number of hydrogen-bond acceptors (Lipinski definition) is 3. The fourth-order valence-corrected chi connectivity index (χ4v) is 2.83. The summed E-state index contributed by atoms with van der Waals surface area (Å²) in [6, 6.07) is 0. The van der Waals surface area contributed by atoms with E-state index in [1.54, 1.807) is 6.92 Å². The summed E-state index contributed by atoms with van der Waals surface area (Å²) >= 11 is 0. The van der Waals surface area contributed by atoms with Crippen molar-refractivity contribution < 1.29 is 17.5 Å². The van der Waals surface area contributed by atoms with E-state index < -0.39 is 17.9 Å². The van der Waals surface area contributed by atoms with Crippen molar-refractivity contribution in [3.63, 3.8) is 0 Å². The second kappa shape index (κ2) is 4.50. The van der Waals surface area contributed by atoms with Crippen molar-refractivity contribution in [3.8, 4) is 0 Å². The zero-order valence-corrected chi connectivity index (χ0v) is 8.96. The van der Waals surface area contributed by atoms with Gasteiger partial charge in [-0.15, -0.1) is 4.08 Å². The lowest BCUT2D eigenvalue weighted by atomic mass is 10.3. The molecule has 0 spiro atoms. The second-order valence-electron chi connectivity index (χ2n) is 2.55. The van der Waals surface area contributed by atoms with Crippen molar-refractivity contribution in [2.45, 2.75) is 19.8 Å². The van der Waals surface area contributed by atoms with Crippen LogP contribution in [0.4, 0.5) is 0 Å². The Morgan fingerprint density at radius 3 is 2.15 bits per heavy atom. The minimum absolute atomic E-state index is 0.139. The monoisotopic (exact) mass is 231 g/mol. The summed E-state index contributed by atoms with van der Waals surface area (Å²) in [6.07, 6.45) is 1.10. The van der Waals surface area contributed by atoms with Crippen LogP contribution in [0.15, 0.2) is 0 Å². The van der Waals surface area contributed by atoms with Gasteiger partial charge in [0.1, 0.15) is 0 Å². The van der Waals surface area contributed by atoms with Gasteiger partial charge in [0.05, 0.1) is 0 Å². The molecule has 9 heteroatoms. The quantitative estimate of drug-likeness (QED) is 0.448. The van der Waals surface area contributed by atoms with Gasteiger partial charge >= 0.3 is 10.3 Å². The lowest BCUT2D eigenvalue weighted by Gasteiger charge is -2.20. The third-order valence-corrected chi connectivity index (χ3v) is 4.32. The van der Waals surface area contributed by atoms with Crippen LogP contribution in [0.3, 0.4) is 0 Å². The van der Waals surface area contributed by atoms with Crippen LogP contribution < -0.4 is 11.0 Å². The number of hydrogen-bond donors (Lipinski definition) is 3. The molecule has 0 aliphatic rings. The SMILES string of the molecule is CCCCN(P(N)(N)=O)S(=O)(=O)O. The highest BCUT2D eigenvalue weighted by atomic mass is 32.2. The molecule has 0 atom stereocenters. The number of rotatable bonds is 5. The van der Waals surface area contributed by atoms with Crippen molar-refractivity contribution in [2.75, 3.05) is 6.54 Å². The summed E-state index contributed by atoms with van der Waals surface area (Å²) in [5, 5.41) is 0. The molecule has 7 nitrogen and oxygen atoms in total. The minimum Gasteiger partial charge on any atom is -0.273 e. The Morgan fingerprint density at radius 2 is 1.92 bits per heavy atom. The molecule has 0 radical (unpaired) electrons. The summed E-state index contributed by atoms with van der Waals surface area (Å²) in [7, 11) is -8.51. The molecule has 0 fully saturated rings. The van der Waals surface area contributed by atoms with Crippen LogP contribution in [0.5, 0.6) is 0 Å². The molecule has 0 unspecified atom stereocenters. The van der Waals surface area contributed by atoms with Crippen LogP contribution in [-0.4, -0.2) is 23.6 Å². The molecular weight excluding hydrogens is 217 g/mol. The molecule has 80 valence electrons. The summed E-state index contributed by atoms with van der Waals surface area (Å²) in [6.45, 7) is 1.67. The predicted octanol–water partition coefficient (Wildman–Crippen LogP) is -0.0832. The highest BCUT2D eigenvalue weighted by Crippen LogP contribution is 2.34. The standard InChI is InChI=1S/C4H14N3O4PS/c1-2-3-4-7(12(5,6)8)13(9,10)11/h2-4H2,1H3,(H4,5,6,8)(H,9,10,11). The molecule has 13 heavy (non-hydrogen) atoms. The van der Waals surface area contributed by atoms with Crippen molar-refractivity contribution in [1.82, 2.24) is 4.08 Å². The van der Waals surface area contributed by atoms with Crippen LogP contribution in [0.1, 0.15) is 19.8 Å². The highest BCUT2D eigenvalue weighted by molar-refractivity contribution is 7.90. The minimum atomic E-state index is -4.57. The average Bonchev–Trinajstić information content (AvgIpc) is 1.81. The summed E-state index contributed by atoms with van der Waals surface area (Å²) in [4.78, 5) is 0. The first-order chi connectivity index (χ1) is 5.69. The molecule has 0 aromatic rings. The van der Waals surface area contributed by atoms with E-state index in [1.807, 2.05) is 0 Å². The first kappa shape index (κ1) is 13.0. The molecule has 0 rings (SSSR count). The molecular formula is C4H14N3O4PS. The highest BCUT2D eigenvalue weighted by Gasteiger charge is 2.31. The third kappa shape index (κ3) is 4.70. The Labute approximate surface area is 77.5 Å². The Morgan fingerprint density at radius 1 is 1.46 bits per heavy atom. The molecule has 0 amide bonds. The Balaban J connectivity index is 4.69. The van der Waals surface area contributed by atoms with E-state index in [0.29, 0.717) is 12.8 Å². The van der Waals surface area contributed by atoms with Gasteiger partial charge < -0.3 is 0 Å². The molecule has 5 N–H and O–H groups in total. The third-order valence-electron chi connectivity index (χ3n) is 1.32. The second-order valence-corrected chi connectivity index (χ2v) is 5.98. The first-order valence-electron chi connectivity index (χ1n) is 3.62. The van der Waals surface area contributed by atoms with Crippen molar-refractivity contribution in [1.29, 1.82) is 0 Å². The summed E-state index contributed by atoms with van der Waals surface area (Å²) in [5.41, 5.74) is 9.85. The Hall–Kier alpha value is 0.0200. The van der Waals surface area contributed by atoms with E-state index in [1.165, 1.54) is 0 Å². The van der Waals surface area contributed by atoms with Gasteiger partial charge in [-0.2, -0.15) is 8.42 Å². The number of nitrogens with zero attached hydrogens (tertiary/aromatic N) is 1. The lowest BCUT2D eigenvalue weighted by molar-refractivity contribution is 0.413. The molecule has 0 heterocycles. The number of unbranched alkanes of at least 4 members (excludes halogenated alkanes) is 1. The fraction of sp³-hybridized carbons (Fsp3) is 1.00. The van der Waals surface area contributed by atoms with Crippen molar-refractivity contribution in [3.05, 3.63) is 0 Å². The van der Waals surface area contributed by atoms with E-state index in [4.69, 9.17) is 15.6 Å². The number of nitrogens with two attached hydrogens (primary N) is 2. The molecule has 0 aliphatic carbocycles. The summed E-state index contributed by atoms with van der Waals surface area (Å²) in [5.74, 6) is 0. The van der Waals surface area contributed by atoms with Crippen LogP contribution in [0.25, 0.3) is 0 Å². The zero-order chi connectivity index (χ0) is 10.7. The largest absolute Gasteiger partial charge is 0.343 e. The smallest absolute Gasteiger partial charge is 0.273 e. The van der Waals surface area contributed by atoms with Gasteiger partial charge in [-0.3, -0.25) is 20.1 Å². The van der Waals surface area contributed by atoms with E-state index in [9.17, 15) is 13.0 Å². The van der Waals surface area contributed by atoms with E-state index in [2.05, 4.69) is 0 Å². The Kier molecular flexibility index (Phi) is 4.50. The van der Waals surface area contributed by atoms with Crippen LogP contribution >= 0.6 is 7.59 Å². The topological polar surface area (TPSA) is 127 Å². The molecule has 0 bridgehead atoms. The van der Waals surface area contributed by atoms with Crippen LogP contribution in [-0.2, 0) is 14.9 Å². The summed E-state index contributed by atoms with van der Waals surface area (Å²) < 4.78 is 41.1. The molecule has 0 saturated carbocycles. The van der Waals surface area contributed by atoms with Crippen LogP contribution in [0.2, 0.25) is 0 Å². The Bertz CT molecular complexity index is 297. The van der Waals surface area contributed by atoms with Gasteiger partial charge in [-0.05, 0) is 6.42 Å². The molecule has 0 saturated heterocycles. The first-order valence-corrected chi connectivity index (χ1v) is 6.82. The normalized spacial score (nSPS) is 13.6. The van der Waals surface area contributed by atoms with E-state index >= 15 is 0 Å². The maximum absolute atomic E-state index is 11.0. The van der Waals surface area contributed by atoms with E-state index in [0.717, 1.165) is 0 Å². The lowest BCUT2D eigenvalue weighted by Crippen LogP contribution is -2.34. The molecule has 0 aliphatic heterocycles. The van der Waals surface area contributed by atoms with Crippen molar-refractivity contribution in [2.24, 2.45) is 11.0 Å². The zero-order valence-electron chi connectivity index (χ0n) is 7.25. The fourth-order valence-electron chi connectivity index (χ4n) is 0.726. The molecule has 0 aromatic heterocycles.